The van der Waals surface area contributed by atoms with Crippen LogP contribution in [-0.2, 0) is 4.74 Å². The fourth-order valence-corrected chi connectivity index (χ4v) is 2.00. The zero-order valence-electron chi connectivity index (χ0n) is 10.4. The molecule has 1 atom stereocenters. The van der Waals surface area contributed by atoms with Gasteiger partial charge in [-0.1, -0.05) is 0 Å². The van der Waals surface area contributed by atoms with Crippen LogP contribution < -0.4 is 14.8 Å². The second kappa shape index (κ2) is 5.89. The molecular weight excluding hydrogens is 218 g/mol. The Morgan fingerprint density at radius 2 is 2.18 bits per heavy atom. The molecule has 1 aromatic rings. The lowest BCUT2D eigenvalue weighted by Crippen LogP contribution is -2.20. The first-order chi connectivity index (χ1) is 8.35. The van der Waals surface area contributed by atoms with E-state index in [1.54, 1.807) is 14.2 Å². The molecule has 1 aliphatic heterocycles. The lowest BCUT2D eigenvalue weighted by atomic mass is 10.1. The van der Waals surface area contributed by atoms with E-state index in [0.717, 1.165) is 43.2 Å². The number of nitrogens with one attached hydrogen (secondary N) is 1. The molecule has 4 nitrogen and oxygen atoms in total. The van der Waals surface area contributed by atoms with Gasteiger partial charge in [0.15, 0.2) is 0 Å². The number of hydrogen-bond donors (Lipinski definition) is 1. The van der Waals surface area contributed by atoms with Gasteiger partial charge in [-0.05, 0) is 25.1 Å². The molecule has 1 saturated heterocycles. The quantitative estimate of drug-likeness (QED) is 0.869. The molecule has 1 aliphatic rings. The van der Waals surface area contributed by atoms with Gasteiger partial charge in [-0.2, -0.15) is 0 Å². The fraction of sp³-hybridized carbons (Fsp3) is 0.538. The molecule has 0 saturated carbocycles. The molecule has 1 aromatic carbocycles. The molecule has 2 rings (SSSR count). The molecule has 0 amide bonds. The Hall–Kier alpha value is -1.26. The van der Waals surface area contributed by atoms with Gasteiger partial charge in [0.05, 0.1) is 20.3 Å². The smallest absolute Gasteiger partial charge is 0.128 e. The summed E-state index contributed by atoms with van der Waals surface area (Å²) < 4.78 is 16.4. The first kappa shape index (κ1) is 12.2. The maximum Gasteiger partial charge on any atom is 0.128 e. The molecule has 1 N–H and O–H groups in total. The predicted molar refractivity (Wildman–Crippen MR) is 65.7 cm³/mol. The van der Waals surface area contributed by atoms with Crippen LogP contribution in [0.5, 0.6) is 11.5 Å². The highest BCUT2D eigenvalue weighted by Crippen LogP contribution is 2.31. The van der Waals surface area contributed by atoms with Crippen molar-refractivity contribution in [2.75, 3.05) is 33.9 Å². The monoisotopic (exact) mass is 237 g/mol. The summed E-state index contributed by atoms with van der Waals surface area (Å²) in [5.41, 5.74) is 1.07. The molecule has 0 spiro atoms. The van der Waals surface area contributed by atoms with E-state index in [9.17, 15) is 0 Å². The number of benzene rings is 1. The van der Waals surface area contributed by atoms with E-state index in [-0.39, 0.29) is 6.10 Å². The van der Waals surface area contributed by atoms with Crippen LogP contribution in [0.3, 0.4) is 0 Å². The van der Waals surface area contributed by atoms with Crippen molar-refractivity contribution >= 4 is 0 Å². The SMILES string of the molecule is COc1ccc(C2CNCCCO2)c(OC)c1. The maximum absolute atomic E-state index is 5.82. The molecule has 94 valence electrons. The highest BCUT2D eigenvalue weighted by molar-refractivity contribution is 5.42. The summed E-state index contributed by atoms with van der Waals surface area (Å²) in [5.74, 6) is 1.62. The van der Waals surface area contributed by atoms with Crippen LogP contribution >= 0.6 is 0 Å². The third-order valence-electron chi connectivity index (χ3n) is 2.93. The van der Waals surface area contributed by atoms with Gasteiger partial charge in [-0.15, -0.1) is 0 Å². The Morgan fingerprint density at radius 3 is 2.94 bits per heavy atom. The summed E-state index contributed by atoms with van der Waals surface area (Å²) in [6.07, 6.45) is 1.10. The summed E-state index contributed by atoms with van der Waals surface area (Å²) in [6.45, 7) is 2.62. The Kier molecular flexibility index (Phi) is 4.23. The van der Waals surface area contributed by atoms with E-state index in [1.165, 1.54) is 0 Å². The van der Waals surface area contributed by atoms with Crippen LogP contribution in [0.1, 0.15) is 18.1 Å². The topological polar surface area (TPSA) is 39.7 Å². The van der Waals surface area contributed by atoms with Crippen LogP contribution in [0.2, 0.25) is 0 Å². The molecular formula is C13H19NO3. The molecule has 0 radical (unpaired) electrons. The summed E-state index contributed by atoms with van der Waals surface area (Å²) in [4.78, 5) is 0. The van der Waals surface area contributed by atoms with E-state index in [0.29, 0.717) is 0 Å². The van der Waals surface area contributed by atoms with Crippen LogP contribution in [0.4, 0.5) is 0 Å². The number of ether oxygens (including phenoxy) is 3. The van der Waals surface area contributed by atoms with Gasteiger partial charge in [0.2, 0.25) is 0 Å². The fourth-order valence-electron chi connectivity index (χ4n) is 2.00. The van der Waals surface area contributed by atoms with E-state index in [4.69, 9.17) is 14.2 Å². The average Bonchev–Trinajstić information content (AvgIpc) is 2.66. The number of hydrogen-bond acceptors (Lipinski definition) is 4. The van der Waals surface area contributed by atoms with Crippen molar-refractivity contribution in [3.05, 3.63) is 23.8 Å². The minimum atomic E-state index is 0.0540. The second-order valence-corrected chi connectivity index (χ2v) is 4.02. The minimum absolute atomic E-state index is 0.0540. The third-order valence-corrected chi connectivity index (χ3v) is 2.93. The second-order valence-electron chi connectivity index (χ2n) is 4.02. The zero-order chi connectivity index (χ0) is 12.1. The predicted octanol–water partition coefficient (Wildman–Crippen LogP) is 1.75. The van der Waals surface area contributed by atoms with Crippen LogP contribution in [0.15, 0.2) is 18.2 Å². The van der Waals surface area contributed by atoms with Crippen molar-refractivity contribution in [1.82, 2.24) is 5.32 Å². The molecule has 1 unspecified atom stereocenters. The zero-order valence-corrected chi connectivity index (χ0v) is 10.4. The van der Waals surface area contributed by atoms with Crippen molar-refractivity contribution in [3.63, 3.8) is 0 Å². The lowest BCUT2D eigenvalue weighted by Gasteiger charge is -2.18. The molecule has 4 heteroatoms. The van der Waals surface area contributed by atoms with Crippen molar-refractivity contribution < 1.29 is 14.2 Å². The average molecular weight is 237 g/mol. The Morgan fingerprint density at radius 1 is 1.29 bits per heavy atom. The minimum Gasteiger partial charge on any atom is -0.497 e. The standard InChI is InChI=1S/C13H19NO3/c1-15-10-4-5-11(12(8-10)16-2)13-9-14-6-3-7-17-13/h4-5,8,13-14H,3,6-7,9H2,1-2H3. The summed E-state index contributed by atoms with van der Waals surface area (Å²) >= 11 is 0. The Balaban J connectivity index is 2.23. The van der Waals surface area contributed by atoms with Crippen molar-refractivity contribution in [1.29, 1.82) is 0 Å². The van der Waals surface area contributed by atoms with Gasteiger partial charge in [-0.3, -0.25) is 0 Å². The van der Waals surface area contributed by atoms with Gasteiger partial charge >= 0.3 is 0 Å². The van der Waals surface area contributed by atoms with Gasteiger partial charge in [0.1, 0.15) is 11.5 Å². The normalized spacial score (nSPS) is 20.7. The van der Waals surface area contributed by atoms with E-state index in [1.807, 2.05) is 18.2 Å². The van der Waals surface area contributed by atoms with Gasteiger partial charge in [0, 0.05) is 24.8 Å². The first-order valence-corrected chi connectivity index (χ1v) is 5.89. The summed E-state index contributed by atoms with van der Waals surface area (Å²) in [7, 11) is 3.32. The highest BCUT2D eigenvalue weighted by Gasteiger charge is 2.18. The van der Waals surface area contributed by atoms with Gasteiger partial charge in [-0.25, -0.2) is 0 Å². The van der Waals surface area contributed by atoms with Crippen molar-refractivity contribution in [2.45, 2.75) is 12.5 Å². The van der Waals surface area contributed by atoms with Gasteiger partial charge in [0.25, 0.3) is 0 Å². The van der Waals surface area contributed by atoms with Crippen LogP contribution in [-0.4, -0.2) is 33.9 Å². The summed E-state index contributed by atoms with van der Waals surface area (Å²) in [5, 5.41) is 3.36. The Labute approximate surface area is 102 Å². The molecule has 17 heavy (non-hydrogen) atoms. The molecule has 0 aromatic heterocycles. The van der Waals surface area contributed by atoms with Crippen LogP contribution in [0.25, 0.3) is 0 Å². The van der Waals surface area contributed by atoms with Crippen molar-refractivity contribution in [3.8, 4) is 11.5 Å². The van der Waals surface area contributed by atoms with E-state index in [2.05, 4.69) is 5.32 Å². The molecule has 0 bridgehead atoms. The lowest BCUT2D eigenvalue weighted by molar-refractivity contribution is 0.0650. The van der Waals surface area contributed by atoms with E-state index < -0.39 is 0 Å². The number of rotatable bonds is 3. The maximum atomic E-state index is 5.82. The number of methoxy groups -OCH3 is 2. The largest absolute Gasteiger partial charge is 0.497 e. The molecule has 0 aliphatic carbocycles. The van der Waals surface area contributed by atoms with Gasteiger partial charge < -0.3 is 19.5 Å². The van der Waals surface area contributed by atoms with Crippen molar-refractivity contribution in [2.24, 2.45) is 0 Å². The highest BCUT2D eigenvalue weighted by atomic mass is 16.5. The first-order valence-electron chi connectivity index (χ1n) is 5.89. The molecule has 1 fully saturated rings. The van der Waals surface area contributed by atoms with E-state index >= 15 is 0 Å². The Bertz CT molecular complexity index is 360. The molecule has 1 heterocycles. The third kappa shape index (κ3) is 2.90. The van der Waals surface area contributed by atoms with Crippen LogP contribution in [0, 0.1) is 0 Å². The summed E-state index contributed by atoms with van der Waals surface area (Å²) in [6, 6.07) is 5.84.